The number of likely N-dealkylation sites (tertiary alicyclic amines) is 1. The van der Waals surface area contributed by atoms with Crippen LogP contribution in [0.3, 0.4) is 0 Å². The highest BCUT2D eigenvalue weighted by molar-refractivity contribution is 5.33. The van der Waals surface area contributed by atoms with Gasteiger partial charge in [0.25, 0.3) is 0 Å². The van der Waals surface area contributed by atoms with E-state index in [1.54, 1.807) is 0 Å². The van der Waals surface area contributed by atoms with Gasteiger partial charge in [0.1, 0.15) is 0 Å². The van der Waals surface area contributed by atoms with Crippen LogP contribution in [-0.4, -0.2) is 24.0 Å². The zero-order chi connectivity index (χ0) is 13.8. The van der Waals surface area contributed by atoms with Gasteiger partial charge in [-0.05, 0) is 55.8 Å². The van der Waals surface area contributed by atoms with Crippen molar-refractivity contribution in [3.05, 3.63) is 34.9 Å². The van der Waals surface area contributed by atoms with E-state index in [0.29, 0.717) is 6.04 Å². The molecule has 2 N–H and O–H groups in total. The number of rotatable bonds is 4. The second-order valence-electron chi connectivity index (χ2n) is 6.02. The molecule has 0 radical (unpaired) electrons. The van der Waals surface area contributed by atoms with E-state index in [4.69, 9.17) is 5.73 Å². The molecule has 106 valence electrons. The van der Waals surface area contributed by atoms with Crippen LogP contribution in [0.4, 0.5) is 0 Å². The third-order valence-electron chi connectivity index (χ3n) is 4.89. The second-order valence-corrected chi connectivity index (χ2v) is 6.02. The summed E-state index contributed by atoms with van der Waals surface area (Å²) in [5, 5.41) is 0. The predicted octanol–water partition coefficient (Wildman–Crippen LogP) is 3.25. The van der Waals surface area contributed by atoms with Crippen LogP contribution in [0.1, 0.15) is 42.9 Å². The second kappa shape index (κ2) is 6.53. The van der Waals surface area contributed by atoms with E-state index in [9.17, 15) is 0 Å². The average molecular weight is 260 g/mol. The van der Waals surface area contributed by atoms with Gasteiger partial charge in [0.15, 0.2) is 0 Å². The molecule has 0 aromatic heterocycles. The number of hydrogen-bond acceptors (Lipinski definition) is 2. The zero-order valence-corrected chi connectivity index (χ0v) is 12.7. The van der Waals surface area contributed by atoms with Crippen LogP contribution >= 0.6 is 0 Å². The van der Waals surface area contributed by atoms with Crippen LogP contribution in [0.25, 0.3) is 0 Å². The molecule has 2 atom stereocenters. The Kier molecular flexibility index (Phi) is 5.00. The van der Waals surface area contributed by atoms with Gasteiger partial charge in [-0.3, -0.25) is 4.90 Å². The molecule has 2 rings (SSSR count). The van der Waals surface area contributed by atoms with E-state index >= 15 is 0 Å². The Morgan fingerprint density at radius 2 is 2.11 bits per heavy atom. The minimum Gasteiger partial charge on any atom is -0.329 e. The first-order valence-electron chi connectivity index (χ1n) is 7.64. The largest absolute Gasteiger partial charge is 0.329 e. The molecule has 2 unspecified atom stereocenters. The highest BCUT2D eigenvalue weighted by Gasteiger charge is 2.26. The smallest absolute Gasteiger partial charge is 0.0239 e. The molecule has 1 aliphatic rings. The normalized spacial score (nSPS) is 24.6. The van der Waals surface area contributed by atoms with Crippen molar-refractivity contribution in [2.45, 2.75) is 52.6 Å². The number of aryl methyl sites for hydroxylation is 1. The molecule has 0 amide bonds. The van der Waals surface area contributed by atoms with E-state index in [0.717, 1.165) is 19.0 Å². The van der Waals surface area contributed by atoms with Crippen LogP contribution in [0.15, 0.2) is 18.2 Å². The van der Waals surface area contributed by atoms with Crippen molar-refractivity contribution in [3.8, 4) is 0 Å². The number of nitrogens with two attached hydrogens (primary N) is 1. The lowest BCUT2D eigenvalue weighted by molar-refractivity contribution is 0.107. The Hall–Kier alpha value is -0.860. The van der Waals surface area contributed by atoms with E-state index < -0.39 is 0 Å². The Morgan fingerprint density at radius 3 is 2.79 bits per heavy atom. The molecule has 2 nitrogen and oxygen atoms in total. The van der Waals surface area contributed by atoms with Gasteiger partial charge in [0.2, 0.25) is 0 Å². The van der Waals surface area contributed by atoms with Gasteiger partial charge in [-0.15, -0.1) is 0 Å². The summed E-state index contributed by atoms with van der Waals surface area (Å²) in [5.74, 6) is 0.878. The van der Waals surface area contributed by atoms with Gasteiger partial charge in [-0.25, -0.2) is 0 Å². The van der Waals surface area contributed by atoms with Crippen molar-refractivity contribution in [1.82, 2.24) is 4.90 Å². The Balaban J connectivity index is 2.07. The number of hydrogen-bond donors (Lipinski definition) is 1. The molecule has 2 heteroatoms. The van der Waals surface area contributed by atoms with Crippen molar-refractivity contribution in [2.75, 3.05) is 13.1 Å². The summed E-state index contributed by atoms with van der Waals surface area (Å²) in [4.78, 5) is 2.59. The van der Waals surface area contributed by atoms with Gasteiger partial charge >= 0.3 is 0 Å². The van der Waals surface area contributed by atoms with E-state index in [1.165, 1.54) is 42.5 Å². The first kappa shape index (κ1) is 14.5. The van der Waals surface area contributed by atoms with E-state index in [1.807, 2.05) is 0 Å². The van der Waals surface area contributed by atoms with Crippen molar-refractivity contribution >= 4 is 0 Å². The van der Waals surface area contributed by atoms with Gasteiger partial charge in [0, 0.05) is 19.1 Å². The highest BCUT2D eigenvalue weighted by atomic mass is 15.2. The molecule has 1 aromatic rings. The van der Waals surface area contributed by atoms with Crippen molar-refractivity contribution in [1.29, 1.82) is 0 Å². The Morgan fingerprint density at radius 1 is 1.32 bits per heavy atom. The first-order chi connectivity index (χ1) is 9.15. The summed E-state index contributed by atoms with van der Waals surface area (Å²) in [6, 6.07) is 7.21. The van der Waals surface area contributed by atoms with E-state index in [2.05, 4.69) is 43.9 Å². The van der Waals surface area contributed by atoms with Crippen LogP contribution in [0.2, 0.25) is 0 Å². The van der Waals surface area contributed by atoms with Crippen LogP contribution in [0.5, 0.6) is 0 Å². The molecule has 0 bridgehead atoms. The molecule has 19 heavy (non-hydrogen) atoms. The quantitative estimate of drug-likeness (QED) is 0.900. The van der Waals surface area contributed by atoms with Crippen LogP contribution < -0.4 is 5.73 Å². The summed E-state index contributed by atoms with van der Waals surface area (Å²) in [7, 11) is 0. The maximum absolute atomic E-state index is 5.99. The maximum atomic E-state index is 5.99. The summed E-state index contributed by atoms with van der Waals surface area (Å²) in [5.41, 5.74) is 10.3. The monoisotopic (exact) mass is 260 g/mol. The van der Waals surface area contributed by atoms with Crippen LogP contribution in [0, 0.1) is 19.8 Å². The Bertz CT molecular complexity index is 414. The molecule has 0 aliphatic carbocycles. The zero-order valence-electron chi connectivity index (χ0n) is 12.7. The predicted molar refractivity (Wildman–Crippen MR) is 82.2 cm³/mol. The van der Waals surface area contributed by atoms with Crippen LogP contribution in [-0.2, 0) is 6.54 Å². The topological polar surface area (TPSA) is 29.3 Å². The molecule has 0 spiro atoms. The molecular weight excluding hydrogens is 232 g/mol. The fourth-order valence-electron chi connectivity index (χ4n) is 3.21. The minimum absolute atomic E-state index is 0.568. The molecule has 0 saturated carbocycles. The molecule has 1 fully saturated rings. The summed E-state index contributed by atoms with van der Waals surface area (Å²) >= 11 is 0. The number of benzene rings is 1. The summed E-state index contributed by atoms with van der Waals surface area (Å²) in [6.45, 7) is 9.79. The minimum atomic E-state index is 0.568. The fourth-order valence-corrected chi connectivity index (χ4v) is 3.21. The number of nitrogens with zero attached hydrogens (tertiary/aromatic N) is 1. The van der Waals surface area contributed by atoms with Gasteiger partial charge in [-0.1, -0.05) is 31.5 Å². The summed E-state index contributed by atoms with van der Waals surface area (Å²) in [6.07, 6.45) is 3.91. The fraction of sp³-hybridized carbons (Fsp3) is 0.647. The average Bonchev–Trinajstić information content (AvgIpc) is 2.44. The van der Waals surface area contributed by atoms with Crippen molar-refractivity contribution in [3.63, 3.8) is 0 Å². The van der Waals surface area contributed by atoms with Gasteiger partial charge < -0.3 is 5.73 Å². The maximum Gasteiger partial charge on any atom is 0.0239 e. The van der Waals surface area contributed by atoms with Crippen molar-refractivity contribution in [2.24, 2.45) is 11.7 Å². The molecule has 1 aromatic carbocycles. The third-order valence-corrected chi connectivity index (χ3v) is 4.89. The Labute approximate surface area is 118 Å². The van der Waals surface area contributed by atoms with Gasteiger partial charge in [-0.2, -0.15) is 0 Å². The SMILES string of the molecule is CCC1CCN(Cc2cccc(C)c2C)C(CN)C1. The first-order valence-corrected chi connectivity index (χ1v) is 7.64. The molecule has 1 heterocycles. The summed E-state index contributed by atoms with van der Waals surface area (Å²) < 4.78 is 0. The molecule has 1 saturated heterocycles. The van der Waals surface area contributed by atoms with Crippen molar-refractivity contribution < 1.29 is 0 Å². The molecular formula is C17H28N2. The lowest BCUT2D eigenvalue weighted by atomic mass is 9.88. The van der Waals surface area contributed by atoms with E-state index in [-0.39, 0.29) is 0 Å². The molecule has 1 aliphatic heterocycles. The standard InChI is InChI=1S/C17H28N2/c1-4-15-8-9-19(17(10-15)11-18)12-16-7-5-6-13(2)14(16)3/h5-7,15,17H,4,8-12,18H2,1-3H3. The lowest BCUT2D eigenvalue weighted by Crippen LogP contribution is -2.46. The lowest BCUT2D eigenvalue weighted by Gasteiger charge is -2.39. The third kappa shape index (κ3) is 3.37. The van der Waals surface area contributed by atoms with Gasteiger partial charge in [0.05, 0.1) is 0 Å². The highest BCUT2D eigenvalue weighted by Crippen LogP contribution is 2.27. The number of piperidine rings is 1.